The minimum atomic E-state index is -3.59. The monoisotopic (exact) mass is 248 g/mol. The first-order valence-corrected chi connectivity index (χ1v) is 6.43. The van der Waals surface area contributed by atoms with Gasteiger partial charge in [-0.1, -0.05) is 6.07 Å². The second kappa shape index (κ2) is 5.49. The number of hydrogen-bond acceptors (Lipinski definition) is 3. The van der Waals surface area contributed by atoms with Gasteiger partial charge in [-0.25, -0.2) is 13.1 Å². The Balaban J connectivity index is 3.07. The van der Waals surface area contributed by atoms with Gasteiger partial charge in [-0.3, -0.25) is 0 Å². The summed E-state index contributed by atoms with van der Waals surface area (Å²) in [7, 11) is -3.59. The first-order chi connectivity index (χ1) is 8.01. The first-order valence-electron chi connectivity index (χ1n) is 4.95. The molecule has 1 N–H and O–H groups in total. The van der Waals surface area contributed by atoms with Gasteiger partial charge in [0.25, 0.3) is 0 Å². The molecule has 0 heterocycles. The number of terminal acetylenes is 1. The predicted molar refractivity (Wildman–Crippen MR) is 64.5 cm³/mol. The lowest BCUT2D eigenvalue weighted by molar-refractivity contribution is 0.582. The van der Waals surface area contributed by atoms with Crippen molar-refractivity contribution in [2.24, 2.45) is 0 Å². The fraction of sp³-hybridized carbons (Fsp3) is 0.250. The lowest BCUT2D eigenvalue weighted by Crippen LogP contribution is -2.25. The third-order valence-corrected chi connectivity index (χ3v) is 3.77. The molecule has 4 nitrogen and oxygen atoms in total. The van der Waals surface area contributed by atoms with Gasteiger partial charge in [0.1, 0.15) is 0 Å². The van der Waals surface area contributed by atoms with Gasteiger partial charge in [-0.2, -0.15) is 5.26 Å². The smallest absolute Gasteiger partial charge is 0.210 e. The minimum absolute atomic E-state index is 0.119. The topological polar surface area (TPSA) is 70.0 Å². The molecule has 17 heavy (non-hydrogen) atoms. The molecule has 0 saturated heterocycles. The van der Waals surface area contributed by atoms with Crippen LogP contribution in [0.2, 0.25) is 0 Å². The van der Waals surface area contributed by atoms with E-state index in [4.69, 9.17) is 11.7 Å². The maximum atomic E-state index is 11.9. The van der Waals surface area contributed by atoms with Crippen LogP contribution >= 0.6 is 0 Å². The van der Waals surface area contributed by atoms with Crippen LogP contribution < -0.4 is 4.72 Å². The molecule has 0 radical (unpaired) electrons. The molecule has 0 aromatic heterocycles. The Kier molecular flexibility index (Phi) is 4.28. The molecule has 0 fully saturated rings. The van der Waals surface area contributed by atoms with Crippen molar-refractivity contribution in [1.82, 2.24) is 4.72 Å². The van der Waals surface area contributed by atoms with Crippen LogP contribution in [0.25, 0.3) is 0 Å². The summed E-state index contributed by atoms with van der Waals surface area (Å²) < 4.78 is 26.2. The van der Waals surface area contributed by atoms with Crippen LogP contribution in [-0.2, 0) is 10.0 Å². The molecule has 0 bridgehead atoms. The largest absolute Gasteiger partial charge is 0.240 e. The zero-order chi connectivity index (χ0) is 12.9. The molecule has 1 aromatic carbocycles. The fourth-order valence-corrected chi connectivity index (χ4v) is 2.59. The summed E-state index contributed by atoms with van der Waals surface area (Å²) in [5.74, 6) is 2.35. The zero-order valence-electron chi connectivity index (χ0n) is 9.40. The second-order valence-electron chi connectivity index (χ2n) is 3.44. The Hall–Kier alpha value is -1.82. The number of nitrogens with one attached hydrogen (secondary N) is 1. The van der Waals surface area contributed by atoms with E-state index in [2.05, 4.69) is 10.6 Å². The molecule has 0 unspecified atom stereocenters. The van der Waals surface area contributed by atoms with Gasteiger partial charge in [-0.15, -0.1) is 12.3 Å². The number of nitrogens with zero attached hydrogens (tertiary/aromatic N) is 1. The fourth-order valence-electron chi connectivity index (χ4n) is 1.29. The molecule has 1 aromatic rings. The van der Waals surface area contributed by atoms with Crippen molar-refractivity contribution in [2.75, 3.05) is 6.54 Å². The average molecular weight is 248 g/mol. The van der Waals surface area contributed by atoms with Gasteiger partial charge in [-0.05, 0) is 24.6 Å². The lowest BCUT2D eigenvalue weighted by Gasteiger charge is -2.08. The Morgan fingerprint density at radius 1 is 1.47 bits per heavy atom. The van der Waals surface area contributed by atoms with E-state index in [1.807, 2.05) is 6.07 Å². The van der Waals surface area contributed by atoms with E-state index >= 15 is 0 Å². The Morgan fingerprint density at radius 2 is 2.18 bits per heavy atom. The van der Waals surface area contributed by atoms with E-state index in [9.17, 15) is 8.42 Å². The second-order valence-corrected chi connectivity index (χ2v) is 5.18. The number of hydrogen-bond donors (Lipinski definition) is 1. The molecule has 0 aliphatic rings. The van der Waals surface area contributed by atoms with Gasteiger partial charge in [0.05, 0.1) is 16.5 Å². The molecular weight excluding hydrogens is 236 g/mol. The molecule has 0 aliphatic carbocycles. The molecule has 0 atom stereocenters. The van der Waals surface area contributed by atoms with Crippen LogP contribution in [0.1, 0.15) is 17.5 Å². The highest BCUT2D eigenvalue weighted by atomic mass is 32.2. The van der Waals surface area contributed by atoms with E-state index in [1.54, 1.807) is 19.1 Å². The van der Waals surface area contributed by atoms with Crippen molar-refractivity contribution in [3.8, 4) is 18.4 Å². The number of benzene rings is 1. The average Bonchev–Trinajstić information content (AvgIpc) is 2.29. The van der Waals surface area contributed by atoms with Gasteiger partial charge in [0.2, 0.25) is 10.0 Å². The van der Waals surface area contributed by atoms with Crippen molar-refractivity contribution in [3.05, 3.63) is 29.3 Å². The maximum absolute atomic E-state index is 11.9. The highest BCUT2D eigenvalue weighted by Gasteiger charge is 2.16. The third kappa shape index (κ3) is 3.32. The molecule has 5 heteroatoms. The van der Waals surface area contributed by atoms with Crippen LogP contribution in [0.5, 0.6) is 0 Å². The van der Waals surface area contributed by atoms with Crippen molar-refractivity contribution >= 4 is 10.0 Å². The normalized spacial score (nSPS) is 10.5. The van der Waals surface area contributed by atoms with E-state index < -0.39 is 10.0 Å². The third-order valence-electron chi connectivity index (χ3n) is 2.17. The predicted octanol–water partition coefficient (Wildman–Crippen LogP) is 1.17. The van der Waals surface area contributed by atoms with Gasteiger partial charge in [0, 0.05) is 13.0 Å². The Bertz CT molecular complexity index is 592. The minimum Gasteiger partial charge on any atom is -0.210 e. The van der Waals surface area contributed by atoms with Crippen LogP contribution in [-0.4, -0.2) is 15.0 Å². The zero-order valence-corrected chi connectivity index (χ0v) is 10.2. The van der Waals surface area contributed by atoms with Crippen molar-refractivity contribution in [2.45, 2.75) is 18.2 Å². The highest BCUT2D eigenvalue weighted by Crippen LogP contribution is 2.16. The SMILES string of the molecule is C#CCCNS(=O)(=O)c1cc(C#N)ccc1C. The summed E-state index contributed by atoms with van der Waals surface area (Å²) in [4.78, 5) is 0.119. The van der Waals surface area contributed by atoms with E-state index in [1.165, 1.54) is 6.07 Å². The number of rotatable bonds is 4. The maximum Gasteiger partial charge on any atom is 0.240 e. The summed E-state index contributed by atoms with van der Waals surface area (Å²) in [6.07, 6.45) is 5.37. The molecule has 0 aliphatic heterocycles. The Labute approximate surface area is 101 Å². The standard InChI is InChI=1S/C12H12N2O2S/c1-3-4-7-14-17(15,16)12-8-11(9-13)6-5-10(12)2/h1,5-6,8,14H,4,7H2,2H3. The first kappa shape index (κ1) is 13.2. The summed E-state index contributed by atoms with van der Waals surface area (Å²) in [6.45, 7) is 1.87. The molecule has 0 spiro atoms. The number of aryl methyl sites for hydroxylation is 1. The quantitative estimate of drug-likeness (QED) is 0.642. The van der Waals surface area contributed by atoms with Crippen LogP contribution in [0.15, 0.2) is 23.1 Å². The van der Waals surface area contributed by atoms with E-state index in [0.717, 1.165) is 0 Å². The van der Waals surface area contributed by atoms with Gasteiger partial charge < -0.3 is 0 Å². The summed E-state index contributed by atoms with van der Waals surface area (Å²) in [5, 5.41) is 8.74. The summed E-state index contributed by atoms with van der Waals surface area (Å²) in [5.41, 5.74) is 0.908. The van der Waals surface area contributed by atoms with E-state index in [-0.39, 0.29) is 11.4 Å². The number of sulfonamides is 1. The van der Waals surface area contributed by atoms with Crippen LogP contribution in [0.3, 0.4) is 0 Å². The lowest BCUT2D eigenvalue weighted by atomic mass is 10.2. The molecule has 0 saturated carbocycles. The number of nitriles is 1. The molecule has 0 amide bonds. The summed E-state index contributed by atoms with van der Waals surface area (Å²) >= 11 is 0. The molecule has 1 rings (SSSR count). The van der Waals surface area contributed by atoms with Crippen molar-refractivity contribution < 1.29 is 8.42 Å². The van der Waals surface area contributed by atoms with E-state index in [0.29, 0.717) is 17.5 Å². The van der Waals surface area contributed by atoms with Gasteiger partial charge in [0.15, 0.2) is 0 Å². The molecule has 88 valence electrons. The van der Waals surface area contributed by atoms with Gasteiger partial charge >= 0.3 is 0 Å². The van der Waals surface area contributed by atoms with Crippen LogP contribution in [0.4, 0.5) is 0 Å². The highest BCUT2D eigenvalue weighted by molar-refractivity contribution is 7.89. The molecular formula is C12H12N2O2S. The van der Waals surface area contributed by atoms with Crippen molar-refractivity contribution in [1.29, 1.82) is 5.26 Å². The van der Waals surface area contributed by atoms with Crippen molar-refractivity contribution in [3.63, 3.8) is 0 Å². The van der Waals surface area contributed by atoms with Crippen LogP contribution in [0, 0.1) is 30.6 Å². The summed E-state index contributed by atoms with van der Waals surface area (Å²) in [6, 6.07) is 6.45. The Morgan fingerprint density at radius 3 is 2.76 bits per heavy atom.